The van der Waals surface area contributed by atoms with Crippen LogP contribution in [0.1, 0.15) is 12.5 Å². The molecule has 0 fully saturated rings. The van der Waals surface area contributed by atoms with Crippen LogP contribution in [0.4, 0.5) is 23.4 Å². The number of aromatic nitrogens is 2. The number of anilines is 1. The lowest BCUT2D eigenvalue weighted by Crippen LogP contribution is -2.09. The number of nitrogens with one attached hydrogen (secondary N) is 1. The van der Waals surface area contributed by atoms with Crippen molar-refractivity contribution in [3.8, 4) is 11.4 Å². The Morgan fingerprint density at radius 1 is 1.20 bits per heavy atom. The third-order valence-electron chi connectivity index (χ3n) is 2.56. The van der Waals surface area contributed by atoms with E-state index in [9.17, 15) is 17.6 Å². The molecule has 2 aromatic rings. The number of benzene rings is 1. The van der Waals surface area contributed by atoms with Crippen molar-refractivity contribution in [2.45, 2.75) is 13.1 Å². The zero-order chi connectivity index (χ0) is 14.8. The van der Waals surface area contributed by atoms with Crippen LogP contribution < -0.4 is 5.32 Å². The molecule has 106 valence electrons. The van der Waals surface area contributed by atoms with E-state index in [2.05, 4.69) is 15.3 Å². The lowest BCUT2D eigenvalue weighted by Gasteiger charge is -2.11. The molecule has 1 aromatic heterocycles. The van der Waals surface area contributed by atoms with Crippen LogP contribution in [-0.2, 0) is 6.18 Å². The first-order chi connectivity index (χ1) is 9.43. The minimum Gasteiger partial charge on any atom is -0.370 e. The zero-order valence-electron chi connectivity index (χ0n) is 10.5. The van der Waals surface area contributed by atoms with Gasteiger partial charge in [0.1, 0.15) is 11.6 Å². The molecular weight excluding hydrogens is 274 g/mol. The molecule has 0 amide bonds. The van der Waals surface area contributed by atoms with Crippen LogP contribution in [0, 0.1) is 5.82 Å². The second kappa shape index (κ2) is 5.44. The third-order valence-corrected chi connectivity index (χ3v) is 2.56. The van der Waals surface area contributed by atoms with Crippen LogP contribution in [0.3, 0.4) is 0 Å². The first-order valence-corrected chi connectivity index (χ1v) is 5.86. The number of hydrogen-bond donors (Lipinski definition) is 1. The van der Waals surface area contributed by atoms with Gasteiger partial charge in [0.2, 0.25) is 0 Å². The van der Waals surface area contributed by atoms with Gasteiger partial charge in [-0.2, -0.15) is 13.2 Å². The molecule has 3 nitrogen and oxygen atoms in total. The molecule has 0 bridgehead atoms. The fourth-order valence-corrected chi connectivity index (χ4v) is 1.69. The smallest absolute Gasteiger partial charge is 0.370 e. The zero-order valence-corrected chi connectivity index (χ0v) is 10.5. The van der Waals surface area contributed by atoms with E-state index in [0.29, 0.717) is 18.4 Å². The van der Waals surface area contributed by atoms with Crippen molar-refractivity contribution in [1.29, 1.82) is 0 Å². The summed E-state index contributed by atoms with van der Waals surface area (Å²) in [6.07, 6.45) is -3.39. The molecule has 7 heteroatoms. The highest BCUT2D eigenvalue weighted by atomic mass is 19.4. The van der Waals surface area contributed by atoms with Crippen LogP contribution in [0.15, 0.2) is 30.5 Å². The summed E-state index contributed by atoms with van der Waals surface area (Å²) in [5.74, 6) is -1.03. The van der Waals surface area contributed by atoms with E-state index in [0.717, 1.165) is 6.07 Å². The molecule has 0 atom stereocenters. The molecule has 0 radical (unpaired) electrons. The van der Waals surface area contributed by atoms with Gasteiger partial charge in [0.25, 0.3) is 0 Å². The minimum absolute atomic E-state index is 0.0907. The van der Waals surface area contributed by atoms with E-state index in [1.807, 2.05) is 6.92 Å². The second-order valence-corrected chi connectivity index (χ2v) is 3.96. The number of halogens is 4. The van der Waals surface area contributed by atoms with Gasteiger partial charge in [0, 0.05) is 12.7 Å². The Labute approximate surface area is 112 Å². The first-order valence-electron chi connectivity index (χ1n) is 5.86. The fraction of sp³-hybridized carbons (Fsp3) is 0.231. The van der Waals surface area contributed by atoms with Gasteiger partial charge in [-0.1, -0.05) is 6.07 Å². The predicted molar refractivity (Wildman–Crippen MR) is 66.6 cm³/mol. The molecule has 1 heterocycles. The van der Waals surface area contributed by atoms with Gasteiger partial charge in [-0.05, 0) is 25.1 Å². The topological polar surface area (TPSA) is 37.8 Å². The van der Waals surface area contributed by atoms with Crippen molar-refractivity contribution in [2.24, 2.45) is 0 Å². The molecule has 1 aromatic carbocycles. The molecule has 0 aliphatic carbocycles. The maximum absolute atomic E-state index is 14.0. The van der Waals surface area contributed by atoms with Gasteiger partial charge in [-0.3, -0.25) is 0 Å². The fourth-order valence-electron chi connectivity index (χ4n) is 1.69. The van der Waals surface area contributed by atoms with E-state index >= 15 is 0 Å². The predicted octanol–water partition coefficient (Wildman–Crippen LogP) is 3.73. The molecule has 2 rings (SSSR count). The Hall–Kier alpha value is -2.18. The maximum atomic E-state index is 14.0. The van der Waals surface area contributed by atoms with Crippen molar-refractivity contribution in [3.63, 3.8) is 0 Å². The standard InChI is InChI=1S/C13H11F4N3/c1-2-18-10-6-7-19-12(20-10)8-4-3-5-9(11(8)14)13(15,16)17/h3-7H,2H2,1H3,(H,18,19,20). The van der Waals surface area contributed by atoms with Crippen molar-refractivity contribution in [1.82, 2.24) is 9.97 Å². The van der Waals surface area contributed by atoms with E-state index in [-0.39, 0.29) is 11.4 Å². The van der Waals surface area contributed by atoms with Crippen molar-refractivity contribution >= 4 is 5.82 Å². The summed E-state index contributed by atoms with van der Waals surface area (Å²) in [5, 5.41) is 2.89. The molecule has 0 aliphatic heterocycles. The number of nitrogens with zero attached hydrogens (tertiary/aromatic N) is 2. The van der Waals surface area contributed by atoms with Gasteiger partial charge < -0.3 is 5.32 Å². The van der Waals surface area contributed by atoms with E-state index in [1.54, 1.807) is 6.07 Å². The minimum atomic E-state index is -4.75. The van der Waals surface area contributed by atoms with Crippen LogP contribution >= 0.6 is 0 Å². The summed E-state index contributed by atoms with van der Waals surface area (Å²) in [7, 11) is 0. The summed E-state index contributed by atoms with van der Waals surface area (Å²) in [5.41, 5.74) is -1.60. The number of hydrogen-bond acceptors (Lipinski definition) is 3. The summed E-state index contributed by atoms with van der Waals surface area (Å²) in [4.78, 5) is 7.80. The Bertz CT molecular complexity index is 611. The van der Waals surface area contributed by atoms with Crippen molar-refractivity contribution in [2.75, 3.05) is 11.9 Å². The summed E-state index contributed by atoms with van der Waals surface area (Å²) >= 11 is 0. The average Bonchev–Trinajstić information content (AvgIpc) is 2.38. The molecule has 0 saturated heterocycles. The molecule has 0 unspecified atom stereocenters. The van der Waals surface area contributed by atoms with Gasteiger partial charge >= 0.3 is 6.18 Å². The highest BCUT2D eigenvalue weighted by molar-refractivity contribution is 5.59. The van der Waals surface area contributed by atoms with Gasteiger partial charge in [0.15, 0.2) is 5.82 Å². The SMILES string of the molecule is CCNc1ccnc(-c2cccc(C(F)(F)F)c2F)n1. The maximum Gasteiger partial charge on any atom is 0.419 e. The second-order valence-electron chi connectivity index (χ2n) is 3.96. The van der Waals surface area contributed by atoms with E-state index < -0.39 is 17.6 Å². The van der Waals surface area contributed by atoms with E-state index in [1.165, 1.54) is 12.3 Å². The largest absolute Gasteiger partial charge is 0.419 e. The molecule has 0 spiro atoms. The van der Waals surface area contributed by atoms with Crippen LogP contribution in [0.2, 0.25) is 0 Å². The monoisotopic (exact) mass is 285 g/mol. The lowest BCUT2D eigenvalue weighted by atomic mass is 10.1. The Balaban J connectivity index is 2.51. The first kappa shape index (κ1) is 14.2. The average molecular weight is 285 g/mol. The summed E-state index contributed by atoms with van der Waals surface area (Å²) in [6, 6.07) is 4.59. The van der Waals surface area contributed by atoms with Gasteiger partial charge in [-0.15, -0.1) is 0 Å². The quantitative estimate of drug-likeness (QED) is 0.873. The normalized spacial score (nSPS) is 11.4. The Morgan fingerprint density at radius 2 is 1.95 bits per heavy atom. The van der Waals surface area contributed by atoms with Crippen LogP contribution in [0.25, 0.3) is 11.4 Å². The molecule has 20 heavy (non-hydrogen) atoms. The van der Waals surface area contributed by atoms with Gasteiger partial charge in [0.05, 0.1) is 11.1 Å². The number of rotatable bonds is 3. The summed E-state index contributed by atoms with van der Waals surface area (Å²) < 4.78 is 51.9. The molecule has 0 saturated carbocycles. The third kappa shape index (κ3) is 2.87. The summed E-state index contributed by atoms with van der Waals surface area (Å²) in [6.45, 7) is 2.42. The molecule has 1 N–H and O–H groups in total. The van der Waals surface area contributed by atoms with Crippen molar-refractivity contribution in [3.05, 3.63) is 41.8 Å². The Morgan fingerprint density at radius 3 is 2.60 bits per heavy atom. The van der Waals surface area contributed by atoms with Crippen LogP contribution in [-0.4, -0.2) is 16.5 Å². The number of alkyl halides is 3. The molecular formula is C13H11F4N3. The highest BCUT2D eigenvalue weighted by Gasteiger charge is 2.35. The van der Waals surface area contributed by atoms with E-state index in [4.69, 9.17) is 0 Å². The molecule has 0 aliphatic rings. The van der Waals surface area contributed by atoms with Crippen LogP contribution in [0.5, 0.6) is 0 Å². The van der Waals surface area contributed by atoms with Gasteiger partial charge in [-0.25, -0.2) is 14.4 Å². The Kier molecular flexibility index (Phi) is 3.87. The highest BCUT2D eigenvalue weighted by Crippen LogP contribution is 2.34. The van der Waals surface area contributed by atoms with Crippen molar-refractivity contribution < 1.29 is 17.6 Å². The lowest BCUT2D eigenvalue weighted by molar-refractivity contribution is -0.139.